The lowest BCUT2D eigenvalue weighted by Crippen LogP contribution is -2.20. The third-order valence-corrected chi connectivity index (χ3v) is 7.56. The van der Waals surface area contributed by atoms with E-state index in [4.69, 9.17) is 11.1 Å². The number of aromatic nitrogens is 3. The second-order valence-electron chi connectivity index (χ2n) is 12.0. The van der Waals surface area contributed by atoms with Gasteiger partial charge in [0, 0.05) is 35.4 Å². The molecule has 2 rings (SSSR count). The number of nitrogens with zero attached hydrogens (tertiary/aromatic N) is 4. The molecule has 6 nitrogen and oxygen atoms in total. The molecule has 0 saturated carbocycles. The van der Waals surface area contributed by atoms with Gasteiger partial charge in [-0.2, -0.15) is 5.10 Å². The Kier molecular flexibility index (Phi) is 23.1. The van der Waals surface area contributed by atoms with E-state index in [0.29, 0.717) is 11.3 Å². The zero-order valence-electron chi connectivity index (χ0n) is 29.6. The van der Waals surface area contributed by atoms with Crippen LogP contribution in [0.4, 0.5) is 0 Å². The summed E-state index contributed by atoms with van der Waals surface area (Å²) in [4.78, 5) is 6.90. The minimum atomic E-state index is 0.597. The molecule has 244 valence electrons. The highest BCUT2D eigenvalue weighted by atomic mass is 15.2. The first-order valence-electron chi connectivity index (χ1n) is 16.9. The third-order valence-electron chi connectivity index (χ3n) is 7.56. The SMILES string of the molecule is CCC(C)=C/C=C(\C(C=N)=C(/C)N)c1cnn2cc(C)cnc12.CCCCCC(C)CCC.CCCCCN(C)CCC. The summed E-state index contributed by atoms with van der Waals surface area (Å²) in [7, 11) is 2.21. The van der Waals surface area contributed by atoms with E-state index < -0.39 is 0 Å². The van der Waals surface area contributed by atoms with E-state index in [1.807, 2.05) is 25.4 Å². The lowest BCUT2D eigenvalue weighted by Gasteiger charge is -2.14. The maximum atomic E-state index is 7.72. The van der Waals surface area contributed by atoms with Gasteiger partial charge < -0.3 is 16.0 Å². The van der Waals surface area contributed by atoms with E-state index in [-0.39, 0.29) is 0 Å². The molecular weight excluding hydrogens is 528 g/mol. The number of nitrogens with two attached hydrogens (primary N) is 1. The van der Waals surface area contributed by atoms with Crippen molar-refractivity contribution in [3.63, 3.8) is 0 Å². The number of nitrogens with one attached hydrogen (secondary N) is 1. The van der Waals surface area contributed by atoms with Gasteiger partial charge >= 0.3 is 0 Å². The van der Waals surface area contributed by atoms with E-state index in [0.717, 1.165) is 34.7 Å². The predicted molar refractivity (Wildman–Crippen MR) is 191 cm³/mol. The van der Waals surface area contributed by atoms with Gasteiger partial charge in [0.2, 0.25) is 0 Å². The molecule has 2 heterocycles. The largest absolute Gasteiger partial charge is 0.402 e. The fourth-order valence-corrected chi connectivity index (χ4v) is 4.74. The van der Waals surface area contributed by atoms with Crippen molar-refractivity contribution in [3.8, 4) is 0 Å². The molecule has 0 bridgehead atoms. The smallest absolute Gasteiger partial charge is 0.162 e. The fourth-order valence-electron chi connectivity index (χ4n) is 4.74. The third kappa shape index (κ3) is 17.2. The first kappa shape index (κ1) is 40.3. The number of fused-ring (bicyclic) bond motifs is 1. The summed E-state index contributed by atoms with van der Waals surface area (Å²) in [6.45, 7) is 21.9. The van der Waals surface area contributed by atoms with Crippen molar-refractivity contribution in [1.29, 1.82) is 5.41 Å². The van der Waals surface area contributed by atoms with E-state index in [2.05, 4.69) is 76.6 Å². The topological polar surface area (TPSA) is 83.3 Å². The Morgan fingerprint density at radius 3 is 2.16 bits per heavy atom. The lowest BCUT2D eigenvalue weighted by atomic mass is 9.98. The van der Waals surface area contributed by atoms with Crippen LogP contribution in [0.15, 0.2) is 47.6 Å². The van der Waals surface area contributed by atoms with Crippen LogP contribution in [0.25, 0.3) is 11.2 Å². The molecule has 0 aliphatic rings. The standard InChI is InChI=1S/C18H23N5.C10H22.C9H21N/c1-5-12(2)6-7-15(16(8-19)14(4)20)17-10-22-23-11-13(3)9-21-18(17)23;2*1-4-6-7-9-10(3)8-5-2/h6-11,19H,5,20H2,1-4H3;10H,4-9H2,1-3H3;4-9H2,1-3H3/b12-6?,15-7+,16-14+,19-8?;;. The molecular formula is C37H66N6. The summed E-state index contributed by atoms with van der Waals surface area (Å²) >= 11 is 0. The van der Waals surface area contributed by atoms with E-state index >= 15 is 0 Å². The van der Waals surface area contributed by atoms with E-state index in [1.165, 1.54) is 89.1 Å². The Balaban J connectivity index is 0.000000733. The van der Waals surface area contributed by atoms with Crippen LogP contribution in [0.3, 0.4) is 0 Å². The lowest BCUT2D eigenvalue weighted by molar-refractivity contribution is 0.326. The van der Waals surface area contributed by atoms with Gasteiger partial charge in [-0.1, -0.05) is 111 Å². The summed E-state index contributed by atoms with van der Waals surface area (Å²) in [5.74, 6) is 0.969. The van der Waals surface area contributed by atoms with Crippen molar-refractivity contribution in [2.45, 2.75) is 133 Å². The van der Waals surface area contributed by atoms with Crippen molar-refractivity contribution in [2.24, 2.45) is 11.7 Å². The Morgan fingerprint density at radius 2 is 1.60 bits per heavy atom. The summed E-state index contributed by atoms with van der Waals surface area (Å²) in [6, 6.07) is 0. The number of aryl methyl sites for hydroxylation is 1. The molecule has 0 radical (unpaired) electrons. The summed E-state index contributed by atoms with van der Waals surface area (Å²) < 4.78 is 1.75. The van der Waals surface area contributed by atoms with E-state index in [1.54, 1.807) is 17.6 Å². The van der Waals surface area contributed by atoms with Gasteiger partial charge in [-0.3, -0.25) is 0 Å². The monoisotopic (exact) mass is 595 g/mol. The molecule has 0 aromatic carbocycles. The minimum Gasteiger partial charge on any atom is -0.402 e. The van der Waals surface area contributed by atoms with Crippen LogP contribution in [0.5, 0.6) is 0 Å². The second kappa shape index (κ2) is 24.7. The number of hydrogen-bond donors (Lipinski definition) is 2. The Labute approximate surface area is 265 Å². The van der Waals surface area contributed by atoms with Crippen LogP contribution in [0.2, 0.25) is 0 Å². The molecule has 3 N–H and O–H groups in total. The van der Waals surface area contributed by atoms with Crippen molar-refractivity contribution >= 4 is 17.4 Å². The molecule has 1 atom stereocenters. The van der Waals surface area contributed by atoms with Crippen molar-refractivity contribution in [3.05, 3.63) is 58.7 Å². The predicted octanol–water partition coefficient (Wildman–Crippen LogP) is 10.2. The number of rotatable bonds is 17. The van der Waals surface area contributed by atoms with Crippen LogP contribution < -0.4 is 5.73 Å². The van der Waals surface area contributed by atoms with Gasteiger partial charge in [-0.05, 0) is 77.2 Å². The highest BCUT2D eigenvalue weighted by molar-refractivity contribution is 6.02. The molecule has 43 heavy (non-hydrogen) atoms. The average Bonchev–Trinajstić information content (AvgIpc) is 3.38. The quantitative estimate of drug-likeness (QED) is 0.108. The van der Waals surface area contributed by atoms with Crippen LogP contribution >= 0.6 is 0 Å². The molecule has 0 aliphatic heterocycles. The molecule has 0 saturated heterocycles. The molecule has 0 spiro atoms. The van der Waals surface area contributed by atoms with Gasteiger partial charge in [0.25, 0.3) is 0 Å². The summed E-state index contributed by atoms with van der Waals surface area (Å²) in [5.41, 5.74) is 12.0. The van der Waals surface area contributed by atoms with Crippen molar-refractivity contribution in [2.75, 3.05) is 20.1 Å². The molecule has 0 fully saturated rings. The molecule has 6 heteroatoms. The highest BCUT2D eigenvalue weighted by Crippen LogP contribution is 2.27. The first-order valence-corrected chi connectivity index (χ1v) is 16.9. The Bertz CT molecular complexity index is 1090. The van der Waals surface area contributed by atoms with Crippen LogP contribution in [-0.4, -0.2) is 45.8 Å². The zero-order chi connectivity index (χ0) is 32.6. The average molecular weight is 595 g/mol. The van der Waals surface area contributed by atoms with Crippen LogP contribution in [0, 0.1) is 18.3 Å². The van der Waals surface area contributed by atoms with Crippen LogP contribution in [-0.2, 0) is 0 Å². The molecule has 2 aromatic heterocycles. The van der Waals surface area contributed by atoms with Crippen LogP contribution in [0.1, 0.15) is 137 Å². The highest BCUT2D eigenvalue weighted by Gasteiger charge is 2.14. The first-order chi connectivity index (χ1) is 20.6. The Morgan fingerprint density at radius 1 is 0.930 bits per heavy atom. The summed E-state index contributed by atoms with van der Waals surface area (Å²) in [5, 5.41) is 12.1. The second-order valence-corrected chi connectivity index (χ2v) is 12.0. The molecule has 0 amide bonds. The minimum absolute atomic E-state index is 0.597. The van der Waals surface area contributed by atoms with Gasteiger partial charge in [-0.25, -0.2) is 9.50 Å². The number of hydrogen-bond acceptors (Lipinski definition) is 5. The molecule has 0 aliphatic carbocycles. The van der Waals surface area contributed by atoms with Gasteiger partial charge in [-0.15, -0.1) is 0 Å². The number of unbranched alkanes of at least 4 members (excludes halogenated alkanes) is 4. The molecule has 2 aromatic rings. The van der Waals surface area contributed by atoms with E-state index in [9.17, 15) is 0 Å². The van der Waals surface area contributed by atoms with Gasteiger partial charge in [0.15, 0.2) is 5.65 Å². The normalized spacial score (nSPS) is 13.2. The van der Waals surface area contributed by atoms with Gasteiger partial charge in [0.05, 0.1) is 6.20 Å². The Hall–Kier alpha value is -2.73. The summed E-state index contributed by atoms with van der Waals surface area (Å²) in [6.07, 6.45) is 25.6. The maximum Gasteiger partial charge on any atom is 0.162 e. The fraction of sp³-hybridized carbons (Fsp3) is 0.649. The van der Waals surface area contributed by atoms with Crippen molar-refractivity contribution in [1.82, 2.24) is 19.5 Å². The van der Waals surface area contributed by atoms with Crippen molar-refractivity contribution < 1.29 is 0 Å². The molecule has 1 unspecified atom stereocenters. The van der Waals surface area contributed by atoms with Gasteiger partial charge in [0.1, 0.15) is 0 Å². The zero-order valence-corrected chi connectivity index (χ0v) is 29.6. The maximum absolute atomic E-state index is 7.72. The number of allylic oxidation sites excluding steroid dienone is 6.